The Hall–Kier alpha value is -2.15. The van der Waals surface area contributed by atoms with Crippen molar-refractivity contribution in [2.45, 2.75) is 6.92 Å². The van der Waals surface area contributed by atoms with Crippen LogP contribution in [-0.4, -0.2) is 4.98 Å². The Balaban J connectivity index is 0.000000136. The van der Waals surface area contributed by atoms with Crippen molar-refractivity contribution in [1.29, 1.82) is 0 Å². The molecule has 0 amide bonds. The zero-order valence-electron chi connectivity index (χ0n) is 9.88. The van der Waals surface area contributed by atoms with E-state index in [9.17, 15) is 0 Å². The van der Waals surface area contributed by atoms with Crippen LogP contribution in [0.2, 0.25) is 0 Å². The van der Waals surface area contributed by atoms with E-state index < -0.39 is 0 Å². The Morgan fingerprint density at radius 2 is 1.35 bits per heavy atom. The maximum absolute atomic E-state index is 4.01. The van der Waals surface area contributed by atoms with Crippen LogP contribution < -0.4 is 0 Å². The smallest absolute Gasteiger partial charge is 0.0346 e. The molecule has 0 radical (unpaired) electrons. The first-order valence-corrected chi connectivity index (χ1v) is 5.67. The Bertz CT molecular complexity index is 508. The molecule has 1 heteroatoms. The van der Waals surface area contributed by atoms with E-state index in [2.05, 4.69) is 36.2 Å². The molecule has 3 aromatic rings. The lowest BCUT2D eigenvalue weighted by Gasteiger charge is -1.91. The number of benzene rings is 2. The Morgan fingerprint density at radius 1 is 0.706 bits per heavy atom. The monoisotopic (exact) mass is 221 g/mol. The van der Waals surface area contributed by atoms with Crippen LogP contribution in [0.1, 0.15) is 5.56 Å². The van der Waals surface area contributed by atoms with E-state index in [1.54, 1.807) is 0 Å². The van der Waals surface area contributed by atoms with Crippen molar-refractivity contribution < 1.29 is 0 Å². The molecule has 1 heterocycles. The van der Waals surface area contributed by atoms with Crippen LogP contribution in [0.3, 0.4) is 0 Å². The van der Waals surface area contributed by atoms with Crippen molar-refractivity contribution in [1.82, 2.24) is 4.98 Å². The highest BCUT2D eigenvalue weighted by molar-refractivity contribution is 5.80. The minimum atomic E-state index is 1.20. The molecule has 2 aromatic carbocycles. The van der Waals surface area contributed by atoms with Crippen molar-refractivity contribution in [2.75, 3.05) is 0 Å². The minimum Gasteiger partial charge on any atom is -0.264 e. The predicted molar refractivity (Wildman–Crippen MR) is 72.9 cm³/mol. The van der Waals surface area contributed by atoms with E-state index in [4.69, 9.17) is 0 Å². The summed E-state index contributed by atoms with van der Waals surface area (Å²) in [7, 11) is 0. The van der Waals surface area contributed by atoms with Crippen molar-refractivity contribution >= 4 is 10.8 Å². The maximum atomic E-state index is 4.01. The normalized spacial score (nSPS) is 9.47. The molecule has 1 nitrogen and oxygen atoms in total. The first kappa shape index (κ1) is 11.3. The second-order valence-electron chi connectivity index (χ2n) is 3.88. The van der Waals surface area contributed by atoms with Crippen LogP contribution in [-0.2, 0) is 0 Å². The molecule has 0 aliphatic heterocycles. The van der Waals surface area contributed by atoms with Gasteiger partial charge in [0.05, 0.1) is 0 Å². The summed E-state index contributed by atoms with van der Waals surface area (Å²) in [5.41, 5.74) is 1.32. The van der Waals surface area contributed by atoms with E-state index in [0.717, 1.165) is 0 Å². The van der Waals surface area contributed by atoms with Gasteiger partial charge in [0.1, 0.15) is 0 Å². The number of hydrogen-bond donors (Lipinski definition) is 0. The SMILES string of the molecule is Cc1ccccc1.c1ccc2cnccc2c1. The van der Waals surface area contributed by atoms with Crippen LogP contribution in [0.5, 0.6) is 0 Å². The molecule has 0 aliphatic carbocycles. The first-order valence-electron chi connectivity index (χ1n) is 5.67. The largest absolute Gasteiger partial charge is 0.264 e. The topological polar surface area (TPSA) is 12.9 Å². The van der Waals surface area contributed by atoms with Gasteiger partial charge in [-0.15, -0.1) is 0 Å². The summed E-state index contributed by atoms with van der Waals surface area (Å²) in [6.07, 6.45) is 3.68. The molecule has 1 aromatic heterocycles. The lowest BCUT2D eigenvalue weighted by molar-refractivity contribution is 1.36. The standard InChI is InChI=1S/C9H7N.C7H8/c1-2-4-9-7-10-6-5-8(9)3-1;1-7-5-3-2-4-6-7/h1-7H;2-6H,1H3. The van der Waals surface area contributed by atoms with Crippen LogP contribution in [0, 0.1) is 6.92 Å². The number of pyridine rings is 1. The Labute approximate surface area is 102 Å². The summed E-state index contributed by atoms with van der Waals surface area (Å²) in [4.78, 5) is 4.01. The molecular formula is C16H15N. The van der Waals surface area contributed by atoms with Gasteiger partial charge < -0.3 is 0 Å². The highest BCUT2D eigenvalue weighted by Crippen LogP contribution is 2.09. The van der Waals surface area contributed by atoms with Crippen molar-refractivity contribution in [2.24, 2.45) is 0 Å². The Kier molecular flexibility index (Phi) is 3.87. The fraction of sp³-hybridized carbons (Fsp3) is 0.0625. The summed E-state index contributed by atoms with van der Waals surface area (Å²) >= 11 is 0. The van der Waals surface area contributed by atoms with Gasteiger partial charge in [0.15, 0.2) is 0 Å². The third kappa shape index (κ3) is 3.42. The summed E-state index contributed by atoms with van der Waals surface area (Å²) < 4.78 is 0. The predicted octanol–water partition coefficient (Wildman–Crippen LogP) is 4.23. The van der Waals surface area contributed by atoms with Gasteiger partial charge in [-0.2, -0.15) is 0 Å². The quantitative estimate of drug-likeness (QED) is 0.553. The fourth-order valence-electron chi connectivity index (χ4n) is 1.56. The van der Waals surface area contributed by atoms with E-state index >= 15 is 0 Å². The van der Waals surface area contributed by atoms with Gasteiger partial charge in [-0.1, -0.05) is 60.2 Å². The average molecular weight is 221 g/mol. The number of aryl methyl sites for hydroxylation is 1. The molecule has 3 rings (SSSR count). The highest BCUT2D eigenvalue weighted by Gasteiger charge is 1.86. The zero-order chi connectivity index (χ0) is 11.9. The number of hydrogen-bond acceptors (Lipinski definition) is 1. The van der Waals surface area contributed by atoms with Gasteiger partial charge in [-0.25, -0.2) is 0 Å². The van der Waals surface area contributed by atoms with E-state index in [-0.39, 0.29) is 0 Å². The zero-order valence-corrected chi connectivity index (χ0v) is 9.88. The van der Waals surface area contributed by atoms with Crippen molar-refractivity contribution in [3.63, 3.8) is 0 Å². The number of nitrogens with zero attached hydrogens (tertiary/aromatic N) is 1. The van der Waals surface area contributed by atoms with Crippen LogP contribution >= 0.6 is 0 Å². The third-order valence-electron chi connectivity index (χ3n) is 2.49. The molecule has 0 atom stereocenters. The summed E-state index contributed by atoms with van der Waals surface area (Å²) in [5.74, 6) is 0. The van der Waals surface area contributed by atoms with Gasteiger partial charge in [-0.05, 0) is 23.8 Å². The molecule has 0 fully saturated rings. The molecule has 84 valence electrons. The molecule has 0 unspecified atom stereocenters. The number of aromatic nitrogens is 1. The molecule has 0 saturated carbocycles. The van der Waals surface area contributed by atoms with Crippen molar-refractivity contribution in [3.8, 4) is 0 Å². The lowest BCUT2D eigenvalue weighted by Crippen LogP contribution is -1.71. The second kappa shape index (κ2) is 5.80. The second-order valence-corrected chi connectivity index (χ2v) is 3.88. The van der Waals surface area contributed by atoms with E-state index in [1.165, 1.54) is 16.3 Å². The molecular weight excluding hydrogens is 206 g/mol. The third-order valence-corrected chi connectivity index (χ3v) is 2.49. The molecule has 0 spiro atoms. The van der Waals surface area contributed by atoms with Gasteiger partial charge in [0.25, 0.3) is 0 Å². The molecule has 0 N–H and O–H groups in total. The molecule has 17 heavy (non-hydrogen) atoms. The lowest BCUT2D eigenvalue weighted by atomic mass is 10.2. The van der Waals surface area contributed by atoms with Gasteiger partial charge in [0, 0.05) is 12.4 Å². The maximum Gasteiger partial charge on any atom is 0.0346 e. The van der Waals surface area contributed by atoms with Gasteiger partial charge in [0.2, 0.25) is 0 Å². The highest BCUT2D eigenvalue weighted by atomic mass is 14.6. The van der Waals surface area contributed by atoms with E-state index in [1.807, 2.05) is 48.8 Å². The van der Waals surface area contributed by atoms with E-state index in [0.29, 0.717) is 0 Å². The molecule has 0 saturated heterocycles. The fourth-order valence-corrected chi connectivity index (χ4v) is 1.56. The summed E-state index contributed by atoms with van der Waals surface area (Å²) in [5, 5.41) is 2.45. The van der Waals surface area contributed by atoms with Crippen LogP contribution in [0.4, 0.5) is 0 Å². The van der Waals surface area contributed by atoms with Gasteiger partial charge in [-0.3, -0.25) is 4.98 Å². The Morgan fingerprint density at radius 3 is 1.94 bits per heavy atom. The summed E-state index contributed by atoms with van der Waals surface area (Å²) in [6, 6.07) is 20.5. The average Bonchev–Trinajstić information content (AvgIpc) is 2.41. The van der Waals surface area contributed by atoms with Gasteiger partial charge >= 0.3 is 0 Å². The van der Waals surface area contributed by atoms with Crippen molar-refractivity contribution in [3.05, 3.63) is 78.6 Å². The number of rotatable bonds is 0. The van der Waals surface area contributed by atoms with Crippen LogP contribution in [0.15, 0.2) is 73.1 Å². The van der Waals surface area contributed by atoms with Crippen LogP contribution in [0.25, 0.3) is 10.8 Å². The minimum absolute atomic E-state index is 1.20. The summed E-state index contributed by atoms with van der Waals surface area (Å²) in [6.45, 7) is 2.08. The molecule has 0 aliphatic rings. The number of fused-ring (bicyclic) bond motifs is 1. The molecule has 0 bridgehead atoms. The first-order chi connectivity index (χ1) is 8.36.